The first-order chi connectivity index (χ1) is 21.5. The Balaban J connectivity index is 1.19. The summed E-state index contributed by atoms with van der Waals surface area (Å²) in [4.78, 5) is 46.2. The van der Waals surface area contributed by atoms with Crippen molar-refractivity contribution in [3.8, 4) is 0 Å². The van der Waals surface area contributed by atoms with Gasteiger partial charge in [0.25, 0.3) is 5.91 Å². The fraction of sp³-hybridized carbons (Fsp3) is 0.242. The number of carbonyl (C=O) groups is 3. The molecular weight excluding hydrogens is 558 g/mol. The molecule has 0 saturated carbocycles. The highest BCUT2D eigenvalue weighted by Gasteiger charge is 2.32. The van der Waals surface area contributed by atoms with Crippen LogP contribution in [-0.2, 0) is 11.3 Å². The molecule has 3 aromatic carbocycles. The molecule has 2 aromatic heterocycles. The number of piperazine rings is 1. The van der Waals surface area contributed by atoms with Crippen molar-refractivity contribution >= 4 is 28.7 Å². The van der Waals surface area contributed by atoms with Crippen molar-refractivity contribution in [2.75, 3.05) is 26.2 Å². The molecule has 1 aliphatic rings. The predicted octanol–water partition coefficient (Wildman–Crippen LogP) is 3.58. The topological polar surface area (TPSA) is 136 Å². The van der Waals surface area contributed by atoms with Gasteiger partial charge in [-0.25, -0.2) is 9.48 Å². The Kier molecular flexibility index (Phi) is 8.46. The number of aromatic amines is 1. The summed E-state index contributed by atoms with van der Waals surface area (Å²) in [7, 11) is 0. The Morgan fingerprint density at radius 2 is 1.50 bits per heavy atom. The van der Waals surface area contributed by atoms with Crippen LogP contribution in [0.2, 0.25) is 0 Å². The van der Waals surface area contributed by atoms with E-state index in [0.717, 1.165) is 17.1 Å². The number of H-pyrrole nitrogens is 1. The van der Waals surface area contributed by atoms with E-state index in [-0.39, 0.29) is 30.6 Å². The van der Waals surface area contributed by atoms with Gasteiger partial charge in [0.15, 0.2) is 5.69 Å². The number of nitrogens with one attached hydrogen (secondary N) is 2. The Hall–Kier alpha value is -5.29. The van der Waals surface area contributed by atoms with Gasteiger partial charge in [0, 0.05) is 43.6 Å². The minimum Gasteiger partial charge on any atom is -0.476 e. The molecule has 1 fully saturated rings. The number of aromatic nitrogens is 4. The molecular formula is C33H33N7O4. The number of carboxylic acids is 1. The minimum atomic E-state index is -1.16. The number of hydrogen-bond donors (Lipinski definition) is 3. The highest BCUT2D eigenvalue weighted by atomic mass is 16.4. The van der Waals surface area contributed by atoms with Gasteiger partial charge >= 0.3 is 5.97 Å². The minimum absolute atomic E-state index is 0.0499. The summed E-state index contributed by atoms with van der Waals surface area (Å²) in [5.74, 6) is -1.80. The third kappa shape index (κ3) is 6.23. The second-order valence-corrected chi connectivity index (χ2v) is 10.8. The lowest BCUT2D eigenvalue weighted by atomic mass is 9.96. The molecule has 11 heteroatoms. The molecule has 0 aliphatic carbocycles. The van der Waals surface area contributed by atoms with Crippen molar-refractivity contribution in [2.45, 2.75) is 25.0 Å². The number of amides is 2. The van der Waals surface area contributed by atoms with Gasteiger partial charge in [0.05, 0.1) is 12.2 Å². The van der Waals surface area contributed by atoms with Crippen molar-refractivity contribution < 1.29 is 19.5 Å². The first-order valence-electron chi connectivity index (χ1n) is 14.6. The summed E-state index contributed by atoms with van der Waals surface area (Å²) in [6.07, 6.45) is 1.31. The zero-order valence-corrected chi connectivity index (χ0v) is 24.0. The number of rotatable bonds is 10. The average Bonchev–Trinajstić information content (AvgIpc) is 3.72. The number of aryl methyl sites for hydroxylation is 1. The zero-order valence-electron chi connectivity index (χ0n) is 24.0. The van der Waals surface area contributed by atoms with E-state index in [1.807, 2.05) is 60.7 Å². The van der Waals surface area contributed by atoms with Crippen LogP contribution in [0.4, 0.5) is 0 Å². The van der Waals surface area contributed by atoms with E-state index in [4.69, 9.17) is 0 Å². The van der Waals surface area contributed by atoms with Crippen molar-refractivity contribution in [1.82, 2.24) is 35.1 Å². The molecule has 1 atom stereocenters. The average molecular weight is 592 g/mol. The Labute approximate surface area is 254 Å². The Morgan fingerprint density at radius 1 is 0.864 bits per heavy atom. The predicted molar refractivity (Wildman–Crippen MR) is 164 cm³/mol. The van der Waals surface area contributed by atoms with E-state index < -0.39 is 17.9 Å². The maximum atomic E-state index is 14.0. The van der Waals surface area contributed by atoms with Gasteiger partial charge in [-0.15, -0.1) is 5.10 Å². The second-order valence-electron chi connectivity index (χ2n) is 10.8. The van der Waals surface area contributed by atoms with Gasteiger partial charge in [0.2, 0.25) is 5.91 Å². The van der Waals surface area contributed by atoms with Crippen molar-refractivity contribution in [3.05, 3.63) is 120 Å². The number of carbonyl (C=O) groups excluding carboxylic acids is 2. The summed E-state index contributed by atoms with van der Waals surface area (Å²) < 4.78 is 1.24. The number of nitrogens with zero attached hydrogens (tertiary/aromatic N) is 5. The standard InChI is InChI=1S/C33H33N7O4/c41-31(28-21-25-13-7-8-14-26(25)35-28)36-27(15-16-40-29(33(43)44)22-34-37-40)32(42)39-19-17-38(18-20-39)30(23-9-3-1-4-10-23)24-11-5-2-6-12-24/h1-14,21-22,27,30,35H,15-20H2,(H,36,41)(H,43,44). The molecule has 0 bridgehead atoms. The molecule has 6 rings (SSSR count). The van der Waals surface area contributed by atoms with Crippen LogP contribution < -0.4 is 5.32 Å². The van der Waals surface area contributed by atoms with Crippen LogP contribution in [0.3, 0.4) is 0 Å². The molecule has 1 unspecified atom stereocenters. The van der Waals surface area contributed by atoms with Crippen LogP contribution in [0.5, 0.6) is 0 Å². The van der Waals surface area contributed by atoms with Gasteiger partial charge in [-0.2, -0.15) is 0 Å². The maximum Gasteiger partial charge on any atom is 0.355 e. The van der Waals surface area contributed by atoms with Crippen LogP contribution in [0.15, 0.2) is 97.2 Å². The fourth-order valence-electron chi connectivity index (χ4n) is 5.83. The first kappa shape index (κ1) is 28.8. The van der Waals surface area contributed by atoms with E-state index >= 15 is 0 Å². The fourth-order valence-corrected chi connectivity index (χ4v) is 5.83. The number of para-hydroxylation sites is 1. The quantitative estimate of drug-likeness (QED) is 0.226. The van der Waals surface area contributed by atoms with Crippen LogP contribution in [-0.4, -0.2) is 84.9 Å². The molecule has 5 aromatic rings. The van der Waals surface area contributed by atoms with Crippen molar-refractivity contribution in [2.24, 2.45) is 0 Å². The molecule has 44 heavy (non-hydrogen) atoms. The molecule has 224 valence electrons. The highest BCUT2D eigenvalue weighted by Crippen LogP contribution is 2.29. The molecule has 2 amide bonds. The number of hydrogen-bond acceptors (Lipinski definition) is 6. The lowest BCUT2D eigenvalue weighted by Gasteiger charge is -2.40. The largest absolute Gasteiger partial charge is 0.476 e. The molecule has 3 N–H and O–H groups in total. The molecule has 1 aliphatic heterocycles. The first-order valence-corrected chi connectivity index (χ1v) is 14.6. The molecule has 1 saturated heterocycles. The summed E-state index contributed by atoms with van der Waals surface area (Å²) >= 11 is 0. The highest BCUT2D eigenvalue weighted by molar-refractivity contribution is 6.00. The van der Waals surface area contributed by atoms with Gasteiger partial charge in [-0.3, -0.25) is 14.5 Å². The van der Waals surface area contributed by atoms with Gasteiger partial charge in [-0.1, -0.05) is 84.1 Å². The lowest BCUT2D eigenvalue weighted by molar-refractivity contribution is -0.135. The van der Waals surface area contributed by atoms with Gasteiger partial charge in [-0.05, 0) is 29.7 Å². The van der Waals surface area contributed by atoms with E-state index in [1.165, 1.54) is 15.8 Å². The number of fused-ring (bicyclic) bond motifs is 1. The van der Waals surface area contributed by atoms with Crippen LogP contribution in [0, 0.1) is 0 Å². The molecule has 0 spiro atoms. The van der Waals surface area contributed by atoms with E-state index in [9.17, 15) is 19.5 Å². The summed E-state index contributed by atoms with van der Waals surface area (Å²) in [6, 6.07) is 29.1. The Bertz CT molecular complexity index is 1670. The summed E-state index contributed by atoms with van der Waals surface area (Å²) in [5.41, 5.74) is 3.44. The lowest BCUT2D eigenvalue weighted by Crippen LogP contribution is -2.55. The third-order valence-electron chi connectivity index (χ3n) is 8.07. The molecule has 3 heterocycles. The second kappa shape index (κ2) is 12.9. The molecule has 0 radical (unpaired) electrons. The van der Waals surface area contributed by atoms with E-state index in [0.29, 0.717) is 31.9 Å². The monoisotopic (exact) mass is 591 g/mol. The van der Waals surface area contributed by atoms with Gasteiger partial charge < -0.3 is 20.3 Å². The van der Waals surface area contributed by atoms with E-state index in [1.54, 1.807) is 11.0 Å². The third-order valence-corrected chi connectivity index (χ3v) is 8.07. The van der Waals surface area contributed by atoms with Crippen LogP contribution in [0.1, 0.15) is 44.6 Å². The molecule has 11 nitrogen and oxygen atoms in total. The maximum absolute atomic E-state index is 14.0. The van der Waals surface area contributed by atoms with Crippen molar-refractivity contribution in [3.63, 3.8) is 0 Å². The van der Waals surface area contributed by atoms with Crippen molar-refractivity contribution in [1.29, 1.82) is 0 Å². The number of benzene rings is 3. The van der Waals surface area contributed by atoms with Crippen LogP contribution >= 0.6 is 0 Å². The van der Waals surface area contributed by atoms with Gasteiger partial charge in [0.1, 0.15) is 11.7 Å². The van der Waals surface area contributed by atoms with Crippen LogP contribution in [0.25, 0.3) is 10.9 Å². The SMILES string of the molecule is O=C(NC(CCn1nncc1C(=O)O)C(=O)N1CCN(C(c2ccccc2)c2ccccc2)CC1)c1cc2ccccc2[nH]1. The van der Waals surface area contributed by atoms with E-state index in [2.05, 4.69) is 49.8 Å². The number of aromatic carboxylic acids is 1. The normalized spacial score (nSPS) is 14.5. The number of carboxylic acid groups (broad SMARTS) is 1. The summed E-state index contributed by atoms with van der Waals surface area (Å²) in [5, 5.41) is 20.8. The Morgan fingerprint density at radius 3 is 2.14 bits per heavy atom. The smallest absolute Gasteiger partial charge is 0.355 e. The zero-order chi connectivity index (χ0) is 30.5. The summed E-state index contributed by atoms with van der Waals surface area (Å²) in [6.45, 7) is 2.36.